The molecule has 124 valence electrons. The Bertz CT molecular complexity index is 663. The van der Waals surface area contributed by atoms with Gasteiger partial charge in [0, 0.05) is 24.3 Å². The molecule has 0 radical (unpaired) electrons. The Hall–Kier alpha value is -2.24. The molecule has 23 heavy (non-hydrogen) atoms. The summed E-state index contributed by atoms with van der Waals surface area (Å²) in [6, 6.07) is 3.04. The second-order valence-corrected chi connectivity index (χ2v) is 6.40. The number of ether oxygens (including phenoxy) is 2. The van der Waals surface area contributed by atoms with E-state index in [4.69, 9.17) is 4.74 Å². The van der Waals surface area contributed by atoms with E-state index < -0.39 is 23.2 Å². The predicted molar refractivity (Wildman–Crippen MR) is 82.1 cm³/mol. The third-order valence-corrected chi connectivity index (χ3v) is 3.49. The zero-order valence-corrected chi connectivity index (χ0v) is 13.7. The number of fused-ring (bicyclic) bond motifs is 1. The Labute approximate surface area is 134 Å². The van der Waals surface area contributed by atoms with E-state index in [9.17, 15) is 9.59 Å². The van der Waals surface area contributed by atoms with E-state index in [0.29, 0.717) is 5.57 Å². The highest BCUT2D eigenvalue weighted by Crippen LogP contribution is 2.43. The second-order valence-electron chi connectivity index (χ2n) is 6.40. The number of hydrogen-bond acceptors (Lipinski definition) is 5. The third-order valence-electron chi connectivity index (χ3n) is 3.49. The van der Waals surface area contributed by atoms with Gasteiger partial charge in [0.2, 0.25) is 5.67 Å². The maximum Gasteiger partial charge on any atom is 0.348 e. The molecule has 1 aromatic heterocycles. The van der Waals surface area contributed by atoms with Crippen molar-refractivity contribution in [1.29, 1.82) is 0 Å². The molecule has 6 heteroatoms. The molecule has 1 heterocycles. The van der Waals surface area contributed by atoms with Gasteiger partial charge in [0.15, 0.2) is 0 Å². The molecule has 1 unspecified atom stereocenters. The zero-order chi connectivity index (χ0) is 17.3. The number of methoxy groups -OCH3 is 1. The van der Waals surface area contributed by atoms with Crippen molar-refractivity contribution < 1.29 is 23.5 Å². The monoisotopic (exact) mass is 321 g/mol. The van der Waals surface area contributed by atoms with Crippen molar-refractivity contribution in [2.75, 3.05) is 7.11 Å². The molecule has 0 saturated heterocycles. The molecule has 5 nitrogen and oxygen atoms in total. The summed E-state index contributed by atoms with van der Waals surface area (Å²) in [6.45, 7) is 5.29. The van der Waals surface area contributed by atoms with Crippen LogP contribution in [0.5, 0.6) is 0 Å². The lowest BCUT2D eigenvalue weighted by Crippen LogP contribution is -2.36. The van der Waals surface area contributed by atoms with Crippen LogP contribution in [-0.2, 0) is 24.7 Å². The number of carbonyl (C=O) groups is 2. The molecule has 2 rings (SSSR count). The normalized spacial score (nSPS) is 22.4. The number of carbonyl (C=O) groups excluding carboxylic acids is 2. The summed E-state index contributed by atoms with van der Waals surface area (Å²) >= 11 is 0. The van der Waals surface area contributed by atoms with E-state index in [-0.39, 0.29) is 24.1 Å². The van der Waals surface area contributed by atoms with Crippen molar-refractivity contribution in [2.24, 2.45) is 0 Å². The van der Waals surface area contributed by atoms with Gasteiger partial charge in [-0.2, -0.15) is 0 Å². The molecule has 0 fully saturated rings. The highest BCUT2D eigenvalue weighted by molar-refractivity contribution is 5.94. The Kier molecular flexibility index (Phi) is 4.54. The average molecular weight is 321 g/mol. The lowest BCUT2D eigenvalue weighted by molar-refractivity contribution is -0.156. The van der Waals surface area contributed by atoms with E-state index in [1.165, 1.54) is 18.3 Å². The van der Waals surface area contributed by atoms with Crippen molar-refractivity contribution in [1.82, 2.24) is 4.98 Å². The Balaban J connectivity index is 2.41. The van der Waals surface area contributed by atoms with Gasteiger partial charge in [-0.25, -0.2) is 14.0 Å². The summed E-state index contributed by atoms with van der Waals surface area (Å²) in [5.74, 6) is -1.48. The van der Waals surface area contributed by atoms with Gasteiger partial charge in [0.05, 0.1) is 12.8 Å². The van der Waals surface area contributed by atoms with Gasteiger partial charge < -0.3 is 9.47 Å². The molecular weight excluding hydrogens is 301 g/mol. The highest BCUT2D eigenvalue weighted by Gasteiger charge is 2.47. The van der Waals surface area contributed by atoms with E-state index in [0.717, 1.165) is 7.11 Å². The largest absolute Gasteiger partial charge is 0.466 e. The number of allylic oxidation sites excluding steroid dienone is 1. The van der Waals surface area contributed by atoms with Gasteiger partial charge in [0.25, 0.3) is 0 Å². The van der Waals surface area contributed by atoms with Crippen molar-refractivity contribution in [2.45, 2.75) is 44.9 Å². The Morgan fingerprint density at radius 1 is 1.39 bits per heavy atom. The van der Waals surface area contributed by atoms with Crippen molar-refractivity contribution >= 4 is 17.5 Å². The highest BCUT2D eigenvalue weighted by atomic mass is 19.1. The molecule has 0 aliphatic heterocycles. The standard InChI is InChI=1S/C17H20FNO4/c1-16(2,3)23-13(20)10-11-7-8-17(18,15(21)22-4)12-6-5-9-19-14(11)12/h5-6,9-10H,7-8H2,1-4H3/b11-10-. The fourth-order valence-corrected chi connectivity index (χ4v) is 2.53. The van der Waals surface area contributed by atoms with Gasteiger partial charge in [-0.1, -0.05) is 6.07 Å². The van der Waals surface area contributed by atoms with Crippen LogP contribution in [0, 0.1) is 0 Å². The summed E-state index contributed by atoms with van der Waals surface area (Å²) in [7, 11) is 1.14. The lowest BCUT2D eigenvalue weighted by atomic mass is 9.80. The first-order chi connectivity index (χ1) is 10.7. The second kappa shape index (κ2) is 6.10. The lowest BCUT2D eigenvalue weighted by Gasteiger charge is -2.30. The first-order valence-electron chi connectivity index (χ1n) is 7.34. The van der Waals surface area contributed by atoms with Crippen LogP contribution >= 0.6 is 0 Å². The van der Waals surface area contributed by atoms with Crippen molar-refractivity contribution in [3.8, 4) is 0 Å². The van der Waals surface area contributed by atoms with Gasteiger partial charge in [0.1, 0.15) is 5.60 Å². The summed E-state index contributed by atoms with van der Waals surface area (Å²) in [5, 5.41) is 0. The van der Waals surface area contributed by atoms with Crippen LogP contribution in [0.3, 0.4) is 0 Å². The van der Waals surface area contributed by atoms with E-state index in [1.807, 2.05) is 0 Å². The summed E-state index contributed by atoms with van der Waals surface area (Å²) in [6.07, 6.45) is 2.89. The maximum atomic E-state index is 15.1. The number of aromatic nitrogens is 1. The molecule has 0 aromatic carbocycles. The van der Waals surface area contributed by atoms with Crippen LogP contribution in [0.1, 0.15) is 44.9 Å². The number of nitrogens with zero attached hydrogens (tertiary/aromatic N) is 1. The summed E-state index contributed by atoms with van der Waals surface area (Å²) < 4.78 is 24.9. The summed E-state index contributed by atoms with van der Waals surface area (Å²) in [5.41, 5.74) is -1.91. The van der Waals surface area contributed by atoms with Crippen LogP contribution < -0.4 is 0 Å². The number of pyridine rings is 1. The van der Waals surface area contributed by atoms with E-state index in [2.05, 4.69) is 9.72 Å². The molecule has 0 N–H and O–H groups in total. The number of alkyl halides is 1. The molecule has 1 aliphatic carbocycles. The topological polar surface area (TPSA) is 65.5 Å². The zero-order valence-electron chi connectivity index (χ0n) is 13.7. The first kappa shape index (κ1) is 17.1. The van der Waals surface area contributed by atoms with Gasteiger partial charge in [-0.15, -0.1) is 0 Å². The molecule has 0 bridgehead atoms. The third kappa shape index (κ3) is 3.57. The Morgan fingerprint density at radius 3 is 2.70 bits per heavy atom. The molecule has 0 amide bonds. The van der Waals surface area contributed by atoms with Crippen LogP contribution in [-0.4, -0.2) is 29.6 Å². The minimum atomic E-state index is -2.25. The molecule has 1 aliphatic rings. The van der Waals surface area contributed by atoms with Crippen LogP contribution in [0.25, 0.3) is 5.57 Å². The van der Waals surface area contributed by atoms with E-state index in [1.54, 1.807) is 26.8 Å². The average Bonchev–Trinajstić information content (AvgIpc) is 2.48. The van der Waals surface area contributed by atoms with Crippen LogP contribution in [0.2, 0.25) is 0 Å². The van der Waals surface area contributed by atoms with Crippen LogP contribution in [0.15, 0.2) is 24.4 Å². The number of rotatable bonds is 2. The van der Waals surface area contributed by atoms with Gasteiger partial charge in [-0.05, 0) is 38.8 Å². The fourth-order valence-electron chi connectivity index (χ4n) is 2.53. The van der Waals surface area contributed by atoms with Crippen molar-refractivity contribution in [3.05, 3.63) is 35.7 Å². The molecule has 0 saturated carbocycles. The SMILES string of the molecule is COC(=O)C1(F)CC/C(=C/C(=O)OC(C)(C)C)c2ncccc21. The maximum absolute atomic E-state index is 15.1. The smallest absolute Gasteiger partial charge is 0.348 e. The minimum Gasteiger partial charge on any atom is -0.466 e. The number of halogens is 1. The van der Waals surface area contributed by atoms with Gasteiger partial charge in [-0.3, -0.25) is 4.98 Å². The van der Waals surface area contributed by atoms with Crippen molar-refractivity contribution in [3.63, 3.8) is 0 Å². The number of hydrogen-bond donors (Lipinski definition) is 0. The van der Waals surface area contributed by atoms with E-state index >= 15 is 4.39 Å². The molecule has 1 atom stereocenters. The minimum absolute atomic E-state index is 0.104. The molecule has 0 spiro atoms. The molecular formula is C17H20FNO4. The van der Waals surface area contributed by atoms with Gasteiger partial charge >= 0.3 is 11.9 Å². The van der Waals surface area contributed by atoms with Crippen LogP contribution in [0.4, 0.5) is 4.39 Å². The quantitative estimate of drug-likeness (QED) is 0.619. The Morgan fingerprint density at radius 2 is 2.09 bits per heavy atom. The first-order valence-corrected chi connectivity index (χ1v) is 7.34. The molecule has 1 aromatic rings. The fraction of sp³-hybridized carbons (Fsp3) is 0.471. The predicted octanol–water partition coefficient (Wildman–Crippen LogP) is 2.94. The summed E-state index contributed by atoms with van der Waals surface area (Å²) in [4.78, 5) is 27.9. The number of esters is 2.